The third-order valence-corrected chi connectivity index (χ3v) is 3.96. The molecule has 0 aliphatic carbocycles. The monoisotopic (exact) mass is 226 g/mol. The summed E-state index contributed by atoms with van der Waals surface area (Å²) in [6.45, 7) is 13.6. The normalized spacial score (nSPS) is 30.2. The quantitative estimate of drug-likeness (QED) is 0.772. The summed E-state index contributed by atoms with van der Waals surface area (Å²) in [6.07, 6.45) is 2.44. The summed E-state index contributed by atoms with van der Waals surface area (Å²) < 4.78 is 5.46. The second-order valence-corrected chi connectivity index (χ2v) is 6.44. The highest BCUT2D eigenvalue weighted by Gasteiger charge is 2.33. The second kappa shape index (κ2) is 4.63. The molecule has 2 rings (SSSR count). The molecule has 1 N–H and O–H groups in total. The van der Waals surface area contributed by atoms with Gasteiger partial charge in [0.2, 0.25) is 0 Å². The van der Waals surface area contributed by atoms with E-state index in [2.05, 4.69) is 31.0 Å². The van der Waals surface area contributed by atoms with Gasteiger partial charge in [-0.3, -0.25) is 4.90 Å². The van der Waals surface area contributed by atoms with Crippen LogP contribution < -0.4 is 5.32 Å². The fourth-order valence-electron chi connectivity index (χ4n) is 2.94. The van der Waals surface area contributed by atoms with Gasteiger partial charge < -0.3 is 10.1 Å². The number of piperazine rings is 1. The Hall–Kier alpha value is -0.120. The number of hydrogen-bond acceptors (Lipinski definition) is 3. The number of nitrogens with one attached hydrogen (secondary N) is 1. The van der Waals surface area contributed by atoms with Gasteiger partial charge in [-0.05, 0) is 32.1 Å². The molecule has 0 unspecified atom stereocenters. The van der Waals surface area contributed by atoms with E-state index >= 15 is 0 Å². The Balaban J connectivity index is 1.88. The molecule has 2 saturated heterocycles. The summed E-state index contributed by atoms with van der Waals surface area (Å²) in [5, 5.41) is 3.57. The van der Waals surface area contributed by atoms with Gasteiger partial charge in [0.25, 0.3) is 0 Å². The van der Waals surface area contributed by atoms with Crippen molar-refractivity contribution in [1.82, 2.24) is 10.2 Å². The summed E-state index contributed by atoms with van der Waals surface area (Å²) in [7, 11) is 0. The average molecular weight is 226 g/mol. The molecule has 0 aromatic carbocycles. The number of nitrogens with zero attached hydrogens (tertiary/aromatic N) is 1. The van der Waals surface area contributed by atoms with Crippen LogP contribution in [0.1, 0.15) is 33.6 Å². The van der Waals surface area contributed by atoms with Gasteiger partial charge in [-0.15, -0.1) is 0 Å². The summed E-state index contributed by atoms with van der Waals surface area (Å²) in [4.78, 5) is 2.63. The predicted octanol–water partition coefficient (Wildman–Crippen LogP) is 1.49. The first-order valence-corrected chi connectivity index (χ1v) is 6.54. The van der Waals surface area contributed by atoms with Crippen LogP contribution in [0, 0.1) is 5.41 Å². The first-order valence-electron chi connectivity index (χ1n) is 6.54. The van der Waals surface area contributed by atoms with Crippen molar-refractivity contribution < 1.29 is 4.74 Å². The van der Waals surface area contributed by atoms with E-state index in [1.54, 1.807) is 0 Å². The molecule has 16 heavy (non-hydrogen) atoms. The van der Waals surface area contributed by atoms with Crippen molar-refractivity contribution in [3.63, 3.8) is 0 Å². The van der Waals surface area contributed by atoms with Crippen LogP contribution in [0.5, 0.6) is 0 Å². The molecule has 0 aromatic rings. The average Bonchev–Trinajstić information content (AvgIpc) is 2.16. The molecule has 0 saturated carbocycles. The molecule has 3 heteroatoms. The fraction of sp³-hybridized carbons (Fsp3) is 1.00. The third kappa shape index (κ3) is 3.19. The SMILES string of the molecule is CC1(CN2CCNC(C)(C)C2)CCOCC1. The highest BCUT2D eigenvalue weighted by atomic mass is 16.5. The van der Waals surface area contributed by atoms with E-state index in [0.29, 0.717) is 5.41 Å². The molecule has 0 radical (unpaired) electrons. The van der Waals surface area contributed by atoms with E-state index in [1.807, 2.05) is 0 Å². The maximum Gasteiger partial charge on any atom is 0.0471 e. The number of rotatable bonds is 2. The lowest BCUT2D eigenvalue weighted by Gasteiger charge is -2.44. The summed E-state index contributed by atoms with van der Waals surface area (Å²) in [5.41, 5.74) is 0.755. The molecule has 0 amide bonds. The van der Waals surface area contributed by atoms with Gasteiger partial charge in [0.05, 0.1) is 0 Å². The largest absolute Gasteiger partial charge is 0.381 e. The summed E-state index contributed by atoms with van der Waals surface area (Å²) >= 11 is 0. The van der Waals surface area contributed by atoms with Gasteiger partial charge >= 0.3 is 0 Å². The van der Waals surface area contributed by atoms with Crippen molar-refractivity contribution in [2.45, 2.75) is 39.2 Å². The van der Waals surface area contributed by atoms with Gasteiger partial charge in [0, 0.05) is 44.9 Å². The van der Waals surface area contributed by atoms with Crippen molar-refractivity contribution >= 4 is 0 Å². The predicted molar refractivity (Wildman–Crippen MR) is 66.7 cm³/mol. The molecular weight excluding hydrogens is 200 g/mol. The number of ether oxygens (including phenoxy) is 1. The van der Waals surface area contributed by atoms with Crippen LogP contribution in [0.4, 0.5) is 0 Å². The zero-order valence-electron chi connectivity index (χ0n) is 11.0. The Morgan fingerprint density at radius 1 is 1.19 bits per heavy atom. The first kappa shape index (κ1) is 12.3. The molecule has 2 aliphatic heterocycles. The highest BCUT2D eigenvalue weighted by molar-refractivity contribution is 4.90. The van der Waals surface area contributed by atoms with E-state index in [9.17, 15) is 0 Å². The maximum atomic E-state index is 5.46. The molecule has 3 nitrogen and oxygen atoms in total. The molecule has 2 fully saturated rings. The summed E-state index contributed by atoms with van der Waals surface area (Å²) in [6, 6.07) is 0. The van der Waals surface area contributed by atoms with Gasteiger partial charge in [-0.25, -0.2) is 0 Å². The Bertz CT molecular complexity index is 234. The maximum absolute atomic E-state index is 5.46. The van der Waals surface area contributed by atoms with Crippen molar-refractivity contribution in [1.29, 1.82) is 0 Å². The van der Waals surface area contributed by atoms with Crippen LogP contribution in [-0.2, 0) is 4.74 Å². The van der Waals surface area contributed by atoms with Crippen LogP contribution in [0.2, 0.25) is 0 Å². The topological polar surface area (TPSA) is 24.5 Å². The Labute approximate surface area is 99.5 Å². The van der Waals surface area contributed by atoms with Crippen molar-refractivity contribution in [2.75, 3.05) is 39.4 Å². The smallest absolute Gasteiger partial charge is 0.0471 e. The lowest BCUT2D eigenvalue weighted by Crippen LogP contribution is -2.58. The third-order valence-electron chi connectivity index (χ3n) is 3.96. The second-order valence-electron chi connectivity index (χ2n) is 6.44. The lowest BCUT2D eigenvalue weighted by atomic mass is 9.81. The van der Waals surface area contributed by atoms with Crippen molar-refractivity contribution in [2.24, 2.45) is 5.41 Å². The molecular formula is C13H26N2O. The van der Waals surface area contributed by atoms with Gasteiger partial charge in [0.1, 0.15) is 0 Å². The van der Waals surface area contributed by atoms with E-state index in [1.165, 1.54) is 32.5 Å². The molecule has 0 atom stereocenters. The molecule has 0 aromatic heterocycles. The van der Waals surface area contributed by atoms with E-state index in [-0.39, 0.29) is 5.54 Å². The Morgan fingerprint density at radius 2 is 1.88 bits per heavy atom. The minimum Gasteiger partial charge on any atom is -0.381 e. The minimum absolute atomic E-state index is 0.278. The highest BCUT2D eigenvalue weighted by Crippen LogP contribution is 2.31. The fourth-order valence-corrected chi connectivity index (χ4v) is 2.94. The minimum atomic E-state index is 0.278. The van der Waals surface area contributed by atoms with Gasteiger partial charge in [-0.2, -0.15) is 0 Å². The van der Waals surface area contributed by atoms with Crippen LogP contribution >= 0.6 is 0 Å². The number of hydrogen-bond donors (Lipinski definition) is 1. The standard InChI is InChI=1S/C13H26N2O/c1-12(2)10-15(7-6-14-12)11-13(3)4-8-16-9-5-13/h14H,4-11H2,1-3H3. The van der Waals surface area contributed by atoms with Crippen LogP contribution in [-0.4, -0.2) is 49.8 Å². The Kier molecular flexibility index (Phi) is 3.57. The van der Waals surface area contributed by atoms with E-state index in [0.717, 1.165) is 19.8 Å². The molecule has 0 bridgehead atoms. The molecule has 0 spiro atoms. The first-order chi connectivity index (χ1) is 7.49. The van der Waals surface area contributed by atoms with E-state index < -0.39 is 0 Å². The van der Waals surface area contributed by atoms with Crippen LogP contribution in [0.15, 0.2) is 0 Å². The van der Waals surface area contributed by atoms with Gasteiger partial charge in [-0.1, -0.05) is 6.92 Å². The molecule has 2 heterocycles. The van der Waals surface area contributed by atoms with Crippen LogP contribution in [0.3, 0.4) is 0 Å². The van der Waals surface area contributed by atoms with E-state index in [4.69, 9.17) is 4.74 Å². The molecule has 2 aliphatic rings. The molecule has 94 valence electrons. The van der Waals surface area contributed by atoms with Gasteiger partial charge in [0.15, 0.2) is 0 Å². The Morgan fingerprint density at radius 3 is 2.50 bits per heavy atom. The zero-order chi connectivity index (χ0) is 11.6. The van der Waals surface area contributed by atoms with Crippen LogP contribution in [0.25, 0.3) is 0 Å². The van der Waals surface area contributed by atoms with Crippen molar-refractivity contribution in [3.8, 4) is 0 Å². The zero-order valence-corrected chi connectivity index (χ0v) is 11.0. The van der Waals surface area contributed by atoms with Crippen molar-refractivity contribution in [3.05, 3.63) is 0 Å². The lowest BCUT2D eigenvalue weighted by molar-refractivity contribution is -0.00308. The summed E-state index contributed by atoms with van der Waals surface area (Å²) in [5.74, 6) is 0.